The minimum atomic E-state index is -0.0190. The Morgan fingerprint density at radius 2 is 1.53 bits per heavy atom. The first-order chi connectivity index (χ1) is 7.56. The zero-order valence-corrected chi connectivity index (χ0v) is 13.4. The highest BCUT2D eigenvalue weighted by molar-refractivity contribution is 4.76. The Bertz CT molecular complexity index is 198. The SMILES string of the molecule is CCC(CC(C)(C)CCC(C)C)OC(C)(C)C. The minimum absolute atomic E-state index is 0.0190. The van der Waals surface area contributed by atoms with E-state index in [2.05, 4.69) is 55.4 Å². The first-order valence-corrected chi connectivity index (χ1v) is 7.23. The van der Waals surface area contributed by atoms with Crippen molar-refractivity contribution in [2.45, 2.75) is 92.8 Å². The second kappa shape index (κ2) is 6.78. The minimum Gasteiger partial charge on any atom is -0.373 e. The van der Waals surface area contributed by atoms with Crippen molar-refractivity contribution in [3.63, 3.8) is 0 Å². The maximum atomic E-state index is 6.13. The van der Waals surface area contributed by atoms with Gasteiger partial charge in [-0.15, -0.1) is 0 Å². The third kappa shape index (κ3) is 9.64. The summed E-state index contributed by atoms with van der Waals surface area (Å²) in [4.78, 5) is 0. The summed E-state index contributed by atoms with van der Waals surface area (Å²) in [7, 11) is 0. The van der Waals surface area contributed by atoms with Gasteiger partial charge in [0.1, 0.15) is 0 Å². The molecule has 1 heteroatoms. The first kappa shape index (κ1) is 17.0. The van der Waals surface area contributed by atoms with Crippen LogP contribution in [0.5, 0.6) is 0 Å². The molecule has 17 heavy (non-hydrogen) atoms. The highest BCUT2D eigenvalue weighted by Gasteiger charge is 2.26. The fourth-order valence-corrected chi connectivity index (χ4v) is 2.17. The Morgan fingerprint density at radius 3 is 1.88 bits per heavy atom. The van der Waals surface area contributed by atoms with Crippen LogP contribution in [0.3, 0.4) is 0 Å². The van der Waals surface area contributed by atoms with E-state index in [4.69, 9.17) is 4.74 Å². The Hall–Kier alpha value is -0.0400. The van der Waals surface area contributed by atoms with Crippen molar-refractivity contribution < 1.29 is 4.74 Å². The van der Waals surface area contributed by atoms with Crippen LogP contribution in [-0.4, -0.2) is 11.7 Å². The van der Waals surface area contributed by atoms with Crippen LogP contribution in [0.25, 0.3) is 0 Å². The lowest BCUT2D eigenvalue weighted by atomic mass is 9.80. The van der Waals surface area contributed by atoms with E-state index < -0.39 is 0 Å². The lowest BCUT2D eigenvalue weighted by Crippen LogP contribution is -2.31. The normalized spacial score (nSPS) is 15.4. The topological polar surface area (TPSA) is 9.23 Å². The second-order valence-electron chi connectivity index (χ2n) is 7.56. The van der Waals surface area contributed by atoms with E-state index in [-0.39, 0.29) is 5.60 Å². The van der Waals surface area contributed by atoms with Crippen molar-refractivity contribution >= 4 is 0 Å². The van der Waals surface area contributed by atoms with Crippen molar-refractivity contribution in [3.8, 4) is 0 Å². The number of hydrogen-bond acceptors (Lipinski definition) is 1. The van der Waals surface area contributed by atoms with Crippen LogP contribution in [0, 0.1) is 11.3 Å². The zero-order valence-electron chi connectivity index (χ0n) is 13.4. The summed E-state index contributed by atoms with van der Waals surface area (Å²) in [5.74, 6) is 0.804. The van der Waals surface area contributed by atoms with Gasteiger partial charge in [-0.1, -0.05) is 41.0 Å². The molecule has 1 atom stereocenters. The van der Waals surface area contributed by atoms with Gasteiger partial charge >= 0.3 is 0 Å². The molecular formula is C16H34O. The molecular weight excluding hydrogens is 208 g/mol. The molecule has 0 aromatic carbocycles. The van der Waals surface area contributed by atoms with Crippen molar-refractivity contribution in [2.75, 3.05) is 0 Å². The average molecular weight is 242 g/mol. The van der Waals surface area contributed by atoms with Gasteiger partial charge in [-0.05, 0) is 51.4 Å². The van der Waals surface area contributed by atoms with E-state index in [1.807, 2.05) is 0 Å². The van der Waals surface area contributed by atoms with E-state index in [0.29, 0.717) is 11.5 Å². The van der Waals surface area contributed by atoms with Crippen LogP contribution in [0.2, 0.25) is 0 Å². The van der Waals surface area contributed by atoms with Gasteiger partial charge in [0, 0.05) is 0 Å². The van der Waals surface area contributed by atoms with Gasteiger partial charge in [0.2, 0.25) is 0 Å². The molecule has 0 bridgehead atoms. The molecule has 0 spiro atoms. The molecule has 0 saturated heterocycles. The molecule has 0 amide bonds. The maximum Gasteiger partial charge on any atom is 0.0602 e. The first-order valence-electron chi connectivity index (χ1n) is 7.23. The third-order valence-corrected chi connectivity index (χ3v) is 3.15. The molecule has 0 aliphatic heterocycles. The van der Waals surface area contributed by atoms with Crippen molar-refractivity contribution in [3.05, 3.63) is 0 Å². The predicted octanol–water partition coefficient (Wildman–Crippen LogP) is 5.43. The molecule has 0 aliphatic rings. The molecule has 0 fully saturated rings. The second-order valence-corrected chi connectivity index (χ2v) is 7.56. The fraction of sp³-hybridized carbons (Fsp3) is 1.00. The van der Waals surface area contributed by atoms with Gasteiger partial charge in [0.15, 0.2) is 0 Å². The van der Waals surface area contributed by atoms with Gasteiger partial charge in [-0.2, -0.15) is 0 Å². The summed E-state index contributed by atoms with van der Waals surface area (Å²) in [5.41, 5.74) is 0.380. The molecule has 0 saturated carbocycles. The standard InChI is InChI=1S/C16H34O/c1-9-14(17-15(4,5)6)12-16(7,8)11-10-13(2)3/h13-14H,9-12H2,1-8H3. The van der Waals surface area contributed by atoms with Gasteiger partial charge in [-0.25, -0.2) is 0 Å². The smallest absolute Gasteiger partial charge is 0.0602 e. The molecule has 1 unspecified atom stereocenters. The van der Waals surface area contributed by atoms with Crippen LogP contribution in [0.1, 0.15) is 81.1 Å². The number of ether oxygens (including phenoxy) is 1. The molecule has 0 N–H and O–H groups in total. The van der Waals surface area contributed by atoms with Crippen LogP contribution in [0.15, 0.2) is 0 Å². The predicted molar refractivity (Wildman–Crippen MR) is 77.4 cm³/mol. The zero-order chi connectivity index (χ0) is 13.7. The van der Waals surface area contributed by atoms with Gasteiger partial charge in [0.05, 0.1) is 11.7 Å². The molecule has 1 nitrogen and oxygen atoms in total. The summed E-state index contributed by atoms with van der Waals surface area (Å²) in [6.07, 6.45) is 5.31. The summed E-state index contributed by atoms with van der Waals surface area (Å²) >= 11 is 0. The quantitative estimate of drug-likeness (QED) is 0.578. The van der Waals surface area contributed by atoms with E-state index in [1.54, 1.807) is 0 Å². The van der Waals surface area contributed by atoms with Crippen molar-refractivity contribution in [2.24, 2.45) is 11.3 Å². The lowest BCUT2D eigenvalue weighted by Gasteiger charge is -2.34. The molecule has 0 aromatic heterocycles. The number of hydrogen-bond donors (Lipinski definition) is 0. The van der Waals surface area contributed by atoms with E-state index in [9.17, 15) is 0 Å². The van der Waals surface area contributed by atoms with Crippen LogP contribution in [-0.2, 0) is 4.74 Å². The van der Waals surface area contributed by atoms with Crippen LogP contribution < -0.4 is 0 Å². The summed E-state index contributed by atoms with van der Waals surface area (Å²) in [5, 5.41) is 0. The molecule has 0 aliphatic carbocycles. The Morgan fingerprint density at radius 1 is 1.00 bits per heavy atom. The van der Waals surface area contributed by atoms with Crippen molar-refractivity contribution in [1.29, 1.82) is 0 Å². The summed E-state index contributed by atoms with van der Waals surface area (Å²) in [6.45, 7) is 18.0. The average Bonchev–Trinajstić information content (AvgIpc) is 2.11. The summed E-state index contributed by atoms with van der Waals surface area (Å²) in [6, 6.07) is 0. The maximum absolute atomic E-state index is 6.13. The van der Waals surface area contributed by atoms with Crippen molar-refractivity contribution in [1.82, 2.24) is 0 Å². The molecule has 0 rings (SSSR count). The molecule has 104 valence electrons. The number of rotatable bonds is 7. The Labute approximate surface area is 109 Å². The highest BCUT2D eigenvalue weighted by atomic mass is 16.5. The van der Waals surface area contributed by atoms with Gasteiger partial charge in [-0.3, -0.25) is 0 Å². The van der Waals surface area contributed by atoms with Crippen LogP contribution >= 0.6 is 0 Å². The summed E-state index contributed by atoms with van der Waals surface area (Å²) < 4.78 is 6.13. The van der Waals surface area contributed by atoms with E-state index in [1.165, 1.54) is 19.3 Å². The third-order valence-electron chi connectivity index (χ3n) is 3.15. The van der Waals surface area contributed by atoms with E-state index >= 15 is 0 Å². The molecule has 0 heterocycles. The highest BCUT2D eigenvalue weighted by Crippen LogP contribution is 2.33. The fourth-order valence-electron chi connectivity index (χ4n) is 2.17. The Kier molecular flexibility index (Phi) is 6.76. The van der Waals surface area contributed by atoms with Crippen LogP contribution in [0.4, 0.5) is 0 Å². The molecule has 0 radical (unpaired) electrons. The monoisotopic (exact) mass is 242 g/mol. The van der Waals surface area contributed by atoms with Gasteiger partial charge in [0.25, 0.3) is 0 Å². The van der Waals surface area contributed by atoms with Gasteiger partial charge < -0.3 is 4.74 Å². The largest absolute Gasteiger partial charge is 0.373 e. The molecule has 0 aromatic rings. The lowest BCUT2D eigenvalue weighted by molar-refractivity contribution is -0.0775. The Balaban J connectivity index is 4.24. The van der Waals surface area contributed by atoms with E-state index in [0.717, 1.165) is 12.3 Å².